The highest BCUT2D eigenvalue weighted by molar-refractivity contribution is 7.91. The van der Waals surface area contributed by atoms with Crippen LogP contribution in [0.1, 0.15) is 27.0 Å². The first-order chi connectivity index (χ1) is 18.3. The third-order valence-electron chi connectivity index (χ3n) is 5.73. The number of carbonyl (C=O) groups is 1. The summed E-state index contributed by atoms with van der Waals surface area (Å²) in [6, 6.07) is 1.91. The second-order valence-electron chi connectivity index (χ2n) is 8.57. The first kappa shape index (κ1) is 29.0. The highest BCUT2D eigenvalue weighted by atomic mass is 32.2. The highest BCUT2D eigenvalue weighted by Crippen LogP contribution is 2.45. The molecule has 40 heavy (non-hydrogen) atoms. The van der Waals surface area contributed by atoms with Gasteiger partial charge >= 0.3 is 12.4 Å². The fourth-order valence-corrected chi connectivity index (χ4v) is 6.58. The summed E-state index contributed by atoms with van der Waals surface area (Å²) in [4.78, 5) is 11.6. The molecule has 0 spiro atoms. The molecule has 212 valence electrons. The molecule has 2 aromatic heterocycles. The van der Waals surface area contributed by atoms with E-state index in [1.54, 1.807) is 0 Å². The van der Waals surface area contributed by atoms with Crippen LogP contribution >= 0.6 is 0 Å². The van der Waals surface area contributed by atoms with Crippen molar-refractivity contribution in [3.05, 3.63) is 71.3 Å². The lowest BCUT2D eigenvalue weighted by atomic mass is 9.92. The van der Waals surface area contributed by atoms with Crippen LogP contribution < -0.4 is 0 Å². The number of ketones is 1. The van der Waals surface area contributed by atoms with Crippen molar-refractivity contribution < 1.29 is 48.0 Å². The number of H-pyrrole nitrogens is 2. The van der Waals surface area contributed by atoms with Crippen LogP contribution in [0.25, 0.3) is 22.3 Å². The van der Waals surface area contributed by atoms with Crippen molar-refractivity contribution in [3.63, 3.8) is 0 Å². The molecule has 0 saturated heterocycles. The zero-order chi connectivity index (χ0) is 29.8. The van der Waals surface area contributed by atoms with Gasteiger partial charge < -0.3 is 0 Å². The van der Waals surface area contributed by atoms with Gasteiger partial charge in [0.15, 0.2) is 25.5 Å². The summed E-state index contributed by atoms with van der Waals surface area (Å²) < 4.78 is 135. The van der Waals surface area contributed by atoms with Crippen LogP contribution in [-0.2, 0) is 32.0 Å². The van der Waals surface area contributed by atoms with E-state index in [4.69, 9.17) is 0 Å². The molecule has 2 aromatic carbocycles. The number of benzene rings is 2. The third-order valence-corrected chi connectivity index (χ3v) is 8.06. The fraction of sp³-hybridized carbons (Fsp3) is 0.174. The van der Waals surface area contributed by atoms with Crippen molar-refractivity contribution in [1.82, 2.24) is 20.4 Å². The van der Waals surface area contributed by atoms with Gasteiger partial charge in [-0.2, -0.15) is 36.5 Å². The fourth-order valence-electron chi connectivity index (χ4n) is 4.26. The maximum absolute atomic E-state index is 13.9. The molecular formula is C23H16F6N4O5S2. The van der Waals surface area contributed by atoms with Crippen molar-refractivity contribution >= 4 is 25.5 Å². The lowest BCUT2D eigenvalue weighted by molar-refractivity contribution is -0.138. The van der Waals surface area contributed by atoms with E-state index in [2.05, 4.69) is 20.4 Å². The Hall–Kier alpha value is -3.99. The van der Waals surface area contributed by atoms with E-state index in [0.29, 0.717) is 36.8 Å². The Morgan fingerprint density at radius 3 is 1.27 bits per heavy atom. The molecule has 0 radical (unpaired) electrons. The van der Waals surface area contributed by atoms with Crippen LogP contribution in [-0.4, -0.2) is 55.5 Å². The van der Waals surface area contributed by atoms with E-state index in [1.165, 1.54) is 0 Å². The molecule has 4 aromatic rings. The van der Waals surface area contributed by atoms with Gasteiger partial charge in [-0.1, -0.05) is 0 Å². The van der Waals surface area contributed by atoms with Gasteiger partial charge in [-0.3, -0.25) is 15.0 Å². The Balaban J connectivity index is 2.16. The maximum atomic E-state index is 13.9. The van der Waals surface area contributed by atoms with Crippen LogP contribution in [0.3, 0.4) is 0 Å². The zero-order valence-corrected chi connectivity index (χ0v) is 21.8. The van der Waals surface area contributed by atoms with Gasteiger partial charge in [-0.25, -0.2) is 16.8 Å². The first-order valence-corrected chi connectivity index (χ1v) is 14.5. The van der Waals surface area contributed by atoms with Crippen LogP contribution in [0.2, 0.25) is 0 Å². The molecule has 0 fully saturated rings. The lowest BCUT2D eigenvalue weighted by Gasteiger charge is -2.21. The first-order valence-electron chi connectivity index (χ1n) is 10.7. The maximum Gasteiger partial charge on any atom is 0.417 e. The summed E-state index contributed by atoms with van der Waals surface area (Å²) in [6.07, 6.45) is -5.49. The summed E-state index contributed by atoms with van der Waals surface area (Å²) >= 11 is 0. The van der Waals surface area contributed by atoms with Crippen molar-refractivity contribution in [3.8, 4) is 22.3 Å². The van der Waals surface area contributed by atoms with Gasteiger partial charge in [-0.05, 0) is 24.3 Å². The minimum Gasteiger partial charge on any atom is -0.289 e. The Morgan fingerprint density at radius 1 is 0.675 bits per heavy atom. The summed E-state index contributed by atoms with van der Waals surface area (Å²) in [7, 11) is -9.33. The standard InChI is InChI=1S/C23H16F6N4O5S2/c1-39(35,36)20-13(3-5-15(22(24,25)26)17(20)11-7-30-31-8-11)19(34)14-4-6-16(23(27,28)29)18(12-9-32-33-10-12)21(14)40(2,37)38/h3-10H,1-2H3,(H,30,31)(H,32,33). The monoisotopic (exact) mass is 606 g/mol. The van der Waals surface area contributed by atoms with Crippen LogP contribution in [0.4, 0.5) is 26.3 Å². The van der Waals surface area contributed by atoms with Crippen molar-refractivity contribution in [2.45, 2.75) is 22.1 Å². The Bertz CT molecular complexity index is 1700. The van der Waals surface area contributed by atoms with Crippen LogP contribution in [0.5, 0.6) is 0 Å². The molecule has 0 amide bonds. The van der Waals surface area contributed by atoms with Crippen LogP contribution in [0, 0.1) is 0 Å². The normalized spacial score (nSPS) is 13.0. The van der Waals surface area contributed by atoms with E-state index < -0.39 is 81.0 Å². The number of aromatic amines is 2. The topological polar surface area (TPSA) is 143 Å². The second kappa shape index (κ2) is 9.58. The number of halogens is 6. The molecule has 0 unspecified atom stereocenters. The Labute approximate surface area is 222 Å². The van der Waals surface area contributed by atoms with E-state index in [1.807, 2.05) is 0 Å². The molecule has 2 N–H and O–H groups in total. The molecule has 4 rings (SSSR count). The van der Waals surface area contributed by atoms with Gasteiger partial charge in [0.1, 0.15) is 0 Å². The minimum atomic E-state index is -5.10. The predicted molar refractivity (Wildman–Crippen MR) is 128 cm³/mol. The van der Waals surface area contributed by atoms with Gasteiger partial charge in [0.2, 0.25) is 0 Å². The smallest absolute Gasteiger partial charge is 0.289 e. The predicted octanol–water partition coefficient (Wildman–Crippen LogP) is 4.54. The number of carbonyl (C=O) groups excluding carboxylic acids is 1. The summed E-state index contributed by atoms with van der Waals surface area (Å²) in [5.74, 6) is -1.45. The average Bonchev–Trinajstić information content (AvgIpc) is 3.54. The van der Waals surface area contributed by atoms with E-state index in [0.717, 1.165) is 24.8 Å². The van der Waals surface area contributed by atoms with E-state index in [-0.39, 0.29) is 11.1 Å². The van der Waals surface area contributed by atoms with E-state index >= 15 is 0 Å². The summed E-state index contributed by atoms with van der Waals surface area (Å²) in [5, 5.41) is 11.6. The number of hydrogen-bond acceptors (Lipinski definition) is 7. The van der Waals surface area contributed by atoms with Gasteiger partial charge in [0.05, 0.1) is 33.3 Å². The van der Waals surface area contributed by atoms with Gasteiger partial charge in [0, 0.05) is 58.3 Å². The quantitative estimate of drug-likeness (QED) is 0.242. The molecule has 0 aliphatic carbocycles. The molecular weight excluding hydrogens is 590 g/mol. The molecule has 0 saturated carbocycles. The Kier molecular flexibility index (Phi) is 6.95. The average molecular weight is 607 g/mol. The summed E-state index contributed by atoms with van der Waals surface area (Å²) in [5.41, 5.74) is -7.30. The zero-order valence-electron chi connectivity index (χ0n) is 20.1. The molecule has 0 aliphatic rings. The number of alkyl halides is 6. The van der Waals surface area contributed by atoms with Crippen molar-refractivity contribution in [1.29, 1.82) is 0 Å². The SMILES string of the molecule is CS(=O)(=O)c1c(C(=O)c2ccc(C(F)(F)F)c(-c3cn[nH]c3)c2S(C)(=O)=O)ccc(C(F)(F)F)c1-c1cn[nH]c1. The number of rotatable bonds is 6. The van der Waals surface area contributed by atoms with E-state index in [9.17, 15) is 48.0 Å². The molecule has 0 bridgehead atoms. The second-order valence-corrected chi connectivity index (χ2v) is 12.5. The number of sulfone groups is 2. The minimum absolute atomic E-state index is 0.364. The number of aromatic nitrogens is 4. The largest absolute Gasteiger partial charge is 0.417 e. The van der Waals surface area contributed by atoms with Crippen molar-refractivity contribution in [2.24, 2.45) is 0 Å². The summed E-state index contributed by atoms with van der Waals surface area (Å²) in [6.45, 7) is 0. The van der Waals surface area contributed by atoms with Crippen LogP contribution in [0.15, 0.2) is 58.8 Å². The molecule has 9 nitrogen and oxygen atoms in total. The van der Waals surface area contributed by atoms with Gasteiger partial charge in [0.25, 0.3) is 0 Å². The number of nitrogens with one attached hydrogen (secondary N) is 2. The Morgan fingerprint density at radius 2 is 1.02 bits per heavy atom. The number of hydrogen-bond donors (Lipinski definition) is 2. The molecule has 0 aliphatic heterocycles. The third kappa shape index (κ3) is 5.25. The van der Waals surface area contributed by atoms with Crippen molar-refractivity contribution in [2.75, 3.05) is 12.5 Å². The highest BCUT2D eigenvalue weighted by Gasteiger charge is 2.41. The lowest BCUT2D eigenvalue weighted by Crippen LogP contribution is -2.19. The molecule has 17 heteroatoms. The molecule has 0 atom stereocenters. The number of nitrogens with zero attached hydrogens (tertiary/aromatic N) is 2. The van der Waals surface area contributed by atoms with Gasteiger partial charge in [-0.15, -0.1) is 0 Å². The molecule has 2 heterocycles.